The van der Waals surface area contributed by atoms with Crippen LogP contribution in [0.4, 0.5) is 0 Å². The topological polar surface area (TPSA) is 26.3 Å². The van der Waals surface area contributed by atoms with Crippen LogP contribution in [-0.2, 0) is 9.53 Å². The Morgan fingerprint density at radius 2 is 2.38 bits per heavy atom. The molecule has 1 rings (SSSR count). The summed E-state index contributed by atoms with van der Waals surface area (Å²) in [6, 6.07) is 0. The second kappa shape index (κ2) is 5.38. The van der Waals surface area contributed by atoms with E-state index >= 15 is 0 Å². The normalized spacial score (nSPS) is 24.6. The van der Waals surface area contributed by atoms with E-state index in [1.807, 2.05) is 0 Å². The van der Waals surface area contributed by atoms with Gasteiger partial charge in [-0.3, -0.25) is 4.79 Å². The number of Topliss-reactive ketones (excluding diaryl/α,β-unsaturated/α-hetero) is 1. The standard InChI is InChI=1S/C11H20O2/c1-3-4-9(2)7-11(12)10-5-6-13-8-10/h9-10H,3-8H2,1-2H3. The zero-order valence-electron chi connectivity index (χ0n) is 8.71. The van der Waals surface area contributed by atoms with Gasteiger partial charge in [0.2, 0.25) is 0 Å². The summed E-state index contributed by atoms with van der Waals surface area (Å²) in [5.74, 6) is 1.18. The Balaban J connectivity index is 2.23. The maximum atomic E-state index is 11.7. The Bertz CT molecular complexity index is 159. The molecule has 2 unspecified atom stereocenters. The van der Waals surface area contributed by atoms with Crippen LogP contribution >= 0.6 is 0 Å². The van der Waals surface area contributed by atoms with Crippen LogP contribution < -0.4 is 0 Å². The molecule has 1 fully saturated rings. The number of hydrogen-bond acceptors (Lipinski definition) is 2. The Hall–Kier alpha value is -0.370. The summed E-state index contributed by atoms with van der Waals surface area (Å²) in [6.07, 6.45) is 4.04. The van der Waals surface area contributed by atoms with Gasteiger partial charge in [-0.05, 0) is 12.3 Å². The molecule has 0 bridgehead atoms. The van der Waals surface area contributed by atoms with Gasteiger partial charge in [0.1, 0.15) is 5.78 Å². The lowest BCUT2D eigenvalue weighted by Gasteiger charge is -2.11. The third kappa shape index (κ3) is 3.47. The molecule has 1 heterocycles. The molecular weight excluding hydrogens is 164 g/mol. The van der Waals surface area contributed by atoms with Gasteiger partial charge in [0.05, 0.1) is 6.61 Å². The first kappa shape index (κ1) is 10.7. The first-order valence-electron chi connectivity index (χ1n) is 5.34. The fourth-order valence-corrected chi connectivity index (χ4v) is 1.89. The number of ketones is 1. The summed E-state index contributed by atoms with van der Waals surface area (Å²) in [5.41, 5.74) is 0. The molecular formula is C11H20O2. The van der Waals surface area contributed by atoms with Crippen LogP contribution in [0.3, 0.4) is 0 Å². The van der Waals surface area contributed by atoms with Crippen LogP contribution in [-0.4, -0.2) is 19.0 Å². The third-order valence-corrected chi connectivity index (χ3v) is 2.72. The van der Waals surface area contributed by atoms with Crippen molar-refractivity contribution in [1.29, 1.82) is 0 Å². The molecule has 1 aliphatic rings. The Morgan fingerprint density at radius 3 is 2.92 bits per heavy atom. The van der Waals surface area contributed by atoms with E-state index in [2.05, 4.69) is 13.8 Å². The van der Waals surface area contributed by atoms with E-state index in [9.17, 15) is 4.79 Å². The Kier molecular flexibility index (Phi) is 4.43. The number of ether oxygens (including phenoxy) is 1. The highest BCUT2D eigenvalue weighted by atomic mass is 16.5. The summed E-state index contributed by atoms with van der Waals surface area (Å²) in [6.45, 7) is 5.77. The van der Waals surface area contributed by atoms with Gasteiger partial charge < -0.3 is 4.74 Å². The molecule has 0 amide bonds. The van der Waals surface area contributed by atoms with Gasteiger partial charge in [-0.15, -0.1) is 0 Å². The molecule has 0 N–H and O–H groups in total. The van der Waals surface area contributed by atoms with Crippen LogP contribution in [0.1, 0.15) is 39.5 Å². The van der Waals surface area contributed by atoms with Gasteiger partial charge in [-0.2, -0.15) is 0 Å². The third-order valence-electron chi connectivity index (χ3n) is 2.72. The largest absolute Gasteiger partial charge is 0.381 e. The van der Waals surface area contributed by atoms with Gasteiger partial charge in [-0.25, -0.2) is 0 Å². The lowest BCUT2D eigenvalue weighted by molar-refractivity contribution is -0.123. The fraction of sp³-hybridized carbons (Fsp3) is 0.909. The van der Waals surface area contributed by atoms with Gasteiger partial charge in [0, 0.05) is 18.9 Å². The van der Waals surface area contributed by atoms with E-state index in [1.54, 1.807) is 0 Å². The average molecular weight is 184 g/mol. The van der Waals surface area contributed by atoms with Crippen molar-refractivity contribution in [3.8, 4) is 0 Å². The first-order chi connectivity index (χ1) is 6.24. The molecule has 0 radical (unpaired) electrons. The van der Waals surface area contributed by atoms with E-state index in [0.29, 0.717) is 18.3 Å². The van der Waals surface area contributed by atoms with Crippen molar-refractivity contribution in [3.63, 3.8) is 0 Å². The molecule has 0 saturated carbocycles. The molecule has 2 heteroatoms. The van der Waals surface area contributed by atoms with Crippen molar-refractivity contribution >= 4 is 5.78 Å². The zero-order valence-corrected chi connectivity index (χ0v) is 8.71. The van der Waals surface area contributed by atoms with E-state index in [0.717, 1.165) is 19.4 Å². The number of carbonyl (C=O) groups is 1. The van der Waals surface area contributed by atoms with Gasteiger partial charge in [0.15, 0.2) is 0 Å². The van der Waals surface area contributed by atoms with Gasteiger partial charge in [0.25, 0.3) is 0 Å². The highest BCUT2D eigenvalue weighted by Crippen LogP contribution is 2.19. The molecule has 1 aliphatic heterocycles. The molecule has 0 aliphatic carbocycles. The Morgan fingerprint density at radius 1 is 1.62 bits per heavy atom. The molecule has 76 valence electrons. The van der Waals surface area contributed by atoms with Crippen molar-refractivity contribution in [2.45, 2.75) is 39.5 Å². The monoisotopic (exact) mass is 184 g/mol. The van der Waals surface area contributed by atoms with Gasteiger partial charge >= 0.3 is 0 Å². The van der Waals surface area contributed by atoms with Crippen molar-refractivity contribution in [1.82, 2.24) is 0 Å². The highest BCUT2D eigenvalue weighted by Gasteiger charge is 2.24. The maximum Gasteiger partial charge on any atom is 0.138 e. The van der Waals surface area contributed by atoms with Crippen LogP contribution in [0, 0.1) is 11.8 Å². The highest BCUT2D eigenvalue weighted by molar-refractivity contribution is 5.81. The minimum atomic E-state index is 0.208. The van der Waals surface area contributed by atoms with Crippen LogP contribution in [0.2, 0.25) is 0 Å². The molecule has 2 nitrogen and oxygen atoms in total. The van der Waals surface area contributed by atoms with Crippen molar-refractivity contribution < 1.29 is 9.53 Å². The predicted molar refractivity (Wildman–Crippen MR) is 52.6 cm³/mol. The van der Waals surface area contributed by atoms with Crippen molar-refractivity contribution in [2.75, 3.05) is 13.2 Å². The minimum Gasteiger partial charge on any atom is -0.381 e. The summed E-state index contributed by atoms with van der Waals surface area (Å²) >= 11 is 0. The second-order valence-corrected chi connectivity index (χ2v) is 4.12. The van der Waals surface area contributed by atoms with E-state index in [4.69, 9.17) is 4.74 Å². The predicted octanol–water partition coefficient (Wildman–Crippen LogP) is 2.42. The van der Waals surface area contributed by atoms with E-state index in [-0.39, 0.29) is 5.92 Å². The summed E-state index contributed by atoms with van der Waals surface area (Å²) < 4.78 is 5.20. The average Bonchev–Trinajstić information content (AvgIpc) is 2.55. The van der Waals surface area contributed by atoms with Gasteiger partial charge in [-0.1, -0.05) is 26.7 Å². The van der Waals surface area contributed by atoms with E-state index < -0.39 is 0 Å². The molecule has 1 saturated heterocycles. The molecule has 0 spiro atoms. The summed E-state index contributed by atoms with van der Waals surface area (Å²) in [7, 11) is 0. The van der Waals surface area contributed by atoms with Crippen LogP contribution in [0.5, 0.6) is 0 Å². The maximum absolute atomic E-state index is 11.7. The van der Waals surface area contributed by atoms with Crippen molar-refractivity contribution in [3.05, 3.63) is 0 Å². The fourth-order valence-electron chi connectivity index (χ4n) is 1.89. The number of carbonyl (C=O) groups excluding carboxylic acids is 1. The van der Waals surface area contributed by atoms with Crippen LogP contribution in [0.25, 0.3) is 0 Å². The molecule has 0 aromatic carbocycles. The first-order valence-corrected chi connectivity index (χ1v) is 5.34. The summed E-state index contributed by atoms with van der Waals surface area (Å²) in [4.78, 5) is 11.7. The molecule has 13 heavy (non-hydrogen) atoms. The smallest absolute Gasteiger partial charge is 0.138 e. The molecule has 2 atom stereocenters. The number of hydrogen-bond donors (Lipinski definition) is 0. The lowest BCUT2D eigenvalue weighted by Crippen LogP contribution is -2.17. The van der Waals surface area contributed by atoms with Crippen molar-refractivity contribution in [2.24, 2.45) is 11.8 Å². The molecule has 0 aromatic heterocycles. The number of rotatable bonds is 5. The second-order valence-electron chi connectivity index (χ2n) is 4.12. The quantitative estimate of drug-likeness (QED) is 0.656. The summed E-state index contributed by atoms with van der Waals surface area (Å²) in [5, 5.41) is 0. The molecule has 0 aromatic rings. The van der Waals surface area contributed by atoms with E-state index in [1.165, 1.54) is 12.8 Å². The Labute approximate surface area is 80.7 Å². The SMILES string of the molecule is CCCC(C)CC(=O)C1CCOC1. The lowest BCUT2D eigenvalue weighted by atomic mass is 9.92. The zero-order chi connectivity index (χ0) is 9.68. The van der Waals surface area contributed by atoms with Crippen LogP contribution in [0.15, 0.2) is 0 Å². The minimum absolute atomic E-state index is 0.208.